The molecule has 126 valence electrons. The van der Waals surface area contributed by atoms with Gasteiger partial charge in [-0.25, -0.2) is 0 Å². The lowest BCUT2D eigenvalue weighted by atomic mass is 9.86. The van der Waals surface area contributed by atoms with E-state index in [-0.39, 0.29) is 23.9 Å². The van der Waals surface area contributed by atoms with Gasteiger partial charge < -0.3 is 9.80 Å². The quantitative estimate of drug-likeness (QED) is 0.682. The van der Waals surface area contributed by atoms with E-state index in [2.05, 4.69) is 27.4 Å². The molecule has 1 aromatic heterocycles. The van der Waals surface area contributed by atoms with Crippen molar-refractivity contribution in [3.05, 3.63) is 6.33 Å². The molecule has 0 bridgehead atoms. The van der Waals surface area contributed by atoms with Gasteiger partial charge in [0.1, 0.15) is 6.54 Å². The highest BCUT2D eigenvalue weighted by molar-refractivity contribution is 5.77. The first kappa shape index (κ1) is 15.9. The van der Waals surface area contributed by atoms with E-state index in [0.29, 0.717) is 19.5 Å². The van der Waals surface area contributed by atoms with Gasteiger partial charge in [-0.15, -0.1) is 10.2 Å². The molecule has 0 unspecified atom stereocenters. The molecule has 2 aliphatic rings. The molecule has 0 aliphatic carbocycles. The maximum atomic E-state index is 12.5. The van der Waals surface area contributed by atoms with Crippen LogP contribution < -0.4 is 0 Å². The van der Waals surface area contributed by atoms with Gasteiger partial charge in [0, 0.05) is 45.2 Å². The summed E-state index contributed by atoms with van der Waals surface area (Å²) in [6, 6.07) is 0. The van der Waals surface area contributed by atoms with Crippen molar-refractivity contribution in [2.24, 2.45) is 0 Å². The van der Waals surface area contributed by atoms with Crippen molar-refractivity contribution in [1.82, 2.24) is 34.9 Å². The zero-order valence-corrected chi connectivity index (χ0v) is 13.7. The Labute approximate surface area is 135 Å². The molecule has 9 nitrogen and oxygen atoms in total. The van der Waals surface area contributed by atoms with Gasteiger partial charge in [-0.05, 0) is 25.1 Å². The second kappa shape index (κ2) is 6.23. The zero-order chi connectivity index (χ0) is 16.4. The molecule has 1 atom stereocenters. The Balaban J connectivity index is 1.71. The van der Waals surface area contributed by atoms with E-state index in [1.165, 1.54) is 11.1 Å². The van der Waals surface area contributed by atoms with Gasteiger partial charge in [0.15, 0.2) is 6.33 Å². The van der Waals surface area contributed by atoms with E-state index in [0.717, 1.165) is 25.9 Å². The summed E-state index contributed by atoms with van der Waals surface area (Å²) in [5.41, 5.74) is -0.121. The Morgan fingerprint density at radius 3 is 2.83 bits per heavy atom. The van der Waals surface area contributed by atoms with Crippen molar-refractivity contribution in [2.45, 2.75) is 31.3 Å². The molecule has 23 heavy (non-hydrogen) atoms. The lowest BCUT2D eigenvalue weighted by molar-refractivity contribution is -0.138. The fourth-order valence-electron chi connectivity index (χ4n) is 3.45. The third kappa shape index (κ3) is 3.19. The number of hydrogen-bond donors (Lipinski definition) is 0. The highest BCUT2D eigenvalue weighted by Gasteiger charge is 2.42. The van der Waals surface area contributed by atoms with Crippen molar-refractivity contribution >= 4 is 11.8 Å². The number of likely N-dealkylation sites (N-methyl/N-ethyl adjacent to an activating group) is 1. The first-order chi connectivity index (χ1) is 11.0. The molecule has 2 saturated heterocycles. The van der Waals surface area contributed by atoms with Gasteiger partial charge in [0.25, 0.3) is 0 Å². The number of carbonyl (C=O) groups excluding carboxylic acids is 2. The second-order valence-corrected chi connectivity index (χ2v) is 6.49. The Bertz CT molecular complexity index is 576. The molecule has 3 rings (SSSR count). The number of nitrogens with zero attached hydrogens (tertiary/aromatic N) is 7. The minimum atomic E-state index is -0.121. The normalized spacial score (nSPS) is 26.6. The number of likely N-dealkylation sites (tertiary alicyclic amines) is 1. The van der Waals surface area contributed by atoms with Crippen LogP contribution in [0, 0.1) is 0 Å². The van der Waals surface area contributed by atoms with E-state index in [4.69, 9.17) is 0 Å². The predicted molar refractivity (Wildman–Crippen MR) is 81.2 cm³/mol. The van der Waals surface area contributed by atoms with E-state index in [9.17, 15) is 9.59 Å². The van der Waals surface area contributed by atoms with Crippen LogP contribution in [0.5, 0.6) is 0 Å². The van der Waals surface area contributed by atoms with Crippen LogP contribution in [0.4, 0.5) is 0 Å². The number of carbonyl (C=O) groups is 2. The van der Waals surface area contributed by atoms with E-state index < -0.39 is 0 Å². The van der Waals surface area contributed by atoms with Gasteiger partial charge in [-0.2, -0.15) is 4.80 Å². The average molecular weight is 321 g/mol. The summed E-state index contributed by atoms with van der Waals surface area (Å²) in [5.74, 6) is 0.185. The fraction of sp³-hybridized carbons (Fsp3) is 0.786. The molecule has 3 heterocycles. The van der Waals surface area contributed by atoms with Crippen molar-refractivity contribution < 1.29 is 9.59 Å². The number of hydrogen-bond acceptors (Lipinski definition) is 6. The number of rotatable bonds is 2. The monoisotopic (exact) mass is 321 g/mol. The van der Waals surface area contributed by atoms with Gasteiger partial charge in [0.2, 0.25) is 11.8 Å². The van der Waals surface area contributed by atoms with Crippen LogP contribution in [-0.4, -0.2) is 92.5 Å². The number of amides is 2. The molecule has 1 aromatic rings. The van der Waals surface area contributed by atoms with Crippen LogP contribution >= 0.6 is 0 Å². The standard InChI is InChI=1S/C14H23N7O2/c1-18-6-5-14(4-3-12(18)22)10-20(8-7-19(14)2)13(23)9-21-16-11-15-17-21/h11H,3-10H2,1-2H3/t14-/m1/s1. The fourth-order valence-corrected chi connectivity index (χ4v) is 3.45. The SMILES string of the molecule is CN1CC[C@]2(CCC1=O)CN(C(=O)Cn1ncnn1)CCN2C. The van der Waals surface area contributed by atoms with Gasteiger partial charge in [-0.1, -0.05) is 0 Å². The van der Waals surface area contributed by atoms with Gasteiger partial charge in [-0.3, -0.25) is 14.5 Å². The van der Waals surface area contributed by atoms with E-state index in [1.54, 1.807) is 4.90 Å². The highest BCUT2D eigenvalue weighted by Crippen LogP contribution is 2.31. The Morgan fingerprint density at radius 1 is 1.26 bits per heavy atom. The summed E-state index contributed by atoms with van der Waals surface area (Å²) < 4.78 is 0. The number of aromatic nitrogens is 4. The van der Waals surface area contributed by atoms with Crippen molar-refractivity contribution in [1.29, 1.82) is 0 Å². The predicted octanol–water partition coefficient (Wildman–Crippen LogP) is -1.17. The maximum absolute atomic E-state index is 12.5. The summed E-state index contributed by atoms with van der Waals surface area (Å²) in [4.78, 5) is 31.8. The Hall–Kier alpha value is -2.03. The summed E-state index contributed by atoms with van der Waals surface area (Å²) in [7, 11) is 3.94. The minimum Gasteiger partial charge on any atom is -0.346 e. The lowest BCUT2D eigenvalue weighted by Gasteiger charge is -2.49. The smallest absolute Gasteiger partial charge is 0.246 e. The second-order valence-electron chi connectivity index (χ2n) is 6.49. The molecule has 2 fully saturated rings. The summed E-state index contributed by atoms with van der Waals surface area (Å²) >= 11 is 0. The molecular weight excluding hydrogens is 298 g/mol. The first-order valence-electron chi connectivity index (χ1n) is 7.94. The van der Waals surface area contributed by atoms with E-state index in [1.807, 2.05) is 11.9 Å². The van der Waals surface area contributed by atoms with Crippen LogP contribution in [0.25, 0.3) is 0 Å². The van der Waals surface area contributed by atoms with Crippen LogP contribution in [0.15, 0.2) is 6.33 Å². The van der Waals surface area contributed by atoms with E-state index >= 15 is 0 Å². The third-order valence-corrected chi connectivity index (χ3v) is 5.16. The molecular formula is C14H23N7O2. The average Bonchev–Trinajstić information content (AvgIpc) is 3.00. The number of tetrazole rings is 1. The largest absolute Gasteiger partial charge is 0.346 e. The minimum absolute atomic E-state index is 0.000553. The molecule has 0 radical (unpaired) electrons. The summed E-state index contributed by atoms with van der Waals surface area (Å²) in [6.45, 7) is 3.00. The first-order valence-corrected chi connectivity index (χ1v) is 7.94. The molecule has 9 heteroatoms. The summed E-state index contributed by atoms with van der Waals surface area (Å²) in [6.07, 6.45) is 3.54. The molecule has 2 amide bonds. The van der Waals surface area contributed by atoms with Crippen LogP contribution in [0.3, 0.4) is 0 Å². The zero-order valence-electron chi connectivity index (χ0n) is 13.7. The van der Waals surface area contributed by atoms with Crippen LogP contribution in [-0.2, 0) is 16.1 Å². The Kier molecular flexibility index (Phi) is 4.29. The van der Waals surface area contributed by atoms with Crippen LogP contribution in [0.2, 0.25) is 0 Å². The van der Waals surface area contributed by atoms with Crippen molar-refractivity contribution in [3.8, 4) is 0 Å². The topological polar surface area (TPSA) is 87.5 Å². The third-order valence-electron chi connectivity index (χ3n) is 5.16. The number of piperazine rings is 1. The molecule has 2 aliphatic heterocycles. The van der Waals surface area contributed by atoms with Crippen molar-refractivity contribution in [2.75, 3.05) is 40.3 Å². The lowest BCUT2D eigenvalue weighted by Crippen LogP contribution is -2.62. The molecule has 0 saturated carbocycles. The highest BCUT2D eigenvalue weighted by atomic mass is 16.2. The van der Waals surface area contributed by atoms with Gasteiger partial charge >= 0.3 is 0 Å². The molecule has 1 spiro atoms. The van der Waals surface area contributed by atoms with Gasteiger partial charge in [0.05, 0.1) is 0 Å². The maximum Gasteiger partial charge on any atom is 0.246 e. The van der Waals surface area contributed by atoms with Crippen molar-refractivity contribution in [3.63, 3.8) is 0 Å². The Morgan fingerprint density at radius 2 is 2.09 bits per heavy atom. The van der Waals surface area contributed by atoms with Crippen LogP contribution in [0.1, 0.15) is 19.3 Å². The summed E-state index contributed by atoms with van der Waals surface area (Å²) in [5, 5.41) is 11.3. The molecule has 0 N–H and O–H groups in total. The molecule has 0 aromatic carbocycles.